The van der Waals surface area contributed by atoms with Crippen molar-refractivity contribution in [3.63, 3.8) is 0 Å². The fraction of sp³-hybridized carbons (Fsp3) is 0.167. The molecule has 3 aromatic rings. The Morgan fingerprint density at radius 3 is 2.90 bits per heavy atom. The standard InChI is InChI=1S/C12H11BrN6S/c1-7(8-3-5-15-19-8)16-12-14-4-2-9(17-12)11-18-10(13)6-20-11/h2-7H,1H3,(H,15,19)(H,14,16,17). The summed E-state index contributed by atoms with van der Waals surface area (Å²) in [5, 5.41) is 12.9. The van der Waals surface area contributed by atoms with Gasteiger partial charge in [0.25, 0.3) is 0 Å². The summed E-state index contributed by atoms with van der Waals surface area (Å²) in [6, 6.07) is 3.81. The Bertz CT molecular complexity index is 696. The number of hydrogen-bond donors (Lipinski definition) is 2. The molecule has 0 aliphatic rings. The lowest BCUT2D eigenvalue weighted by Gasteiger charge is -2.11. The first-order chi connectivity index (χ1) is 9.72. The fourth-order valence-corrected chi connectivity index (χ4v) is 2.92. The van der Waals surface area contributed by atoms with Crippen molar-refractivity contribution in [3.8, 4) is 10.7 Å². The summed E-state index contributed by atoms with van der Waals surface area (Å²) in [5.74, 6) is 0.566. The van der Waals surface area contributed by atoms with Crippen LogP contribution in [0.1, 0.15) is 18.7 Å². The molecule has 0 saturated carbocycles. The van der Waals surface area contributed by atoms with Gasteiger partial charge < -0.3 is 5.32 Å². The summed E-state index contributed by atoms with van der Waals surface area (Å²) < 4.78 is 0.816. The third-order valence-electron chi connectivity index (χ3n) is 2.69. The quantitative estimate of drug-likeness (QED) is 0.754. The molecule has 2 N–H and O–H groups in total. The van der Waals surface area contributed by atoms with Gasteiger partial charge in [-0.1, -0.05) is 0 Å². The average Bonchev–Trinajstić information content (AvgIpc) is 3.10. The van der Waals surface area contributed by atoms with E-state index in [4.69, 9.17) is 0 Å². The van der Waals surface area contributed by atoms with Crippen LogP contribution in [-0.2, 0) is 0 Å². The summed E-state index contributed by atoms with van der Waals surface area (Å²) in [6.07, 6.45) is 3.44. The van der Waals surface area contributed by atoms with E-state index in [0.29, 0.717) is 5.95 Å². The highest BCUT2D eigenvalue weighted by Gasteiger charge is 2.10. The molecular formula is C12H11BrN6S. The molecule has 3 aromatic heterocycles. The molecule has 3 heterocycles. The van der Waals surface area contributed by atoms with Gasteiger partial charge in [-0.3, -0.25) is 5.10 Å². The Morgan fingerprint density at radius 1 is 1.30 bits per heavy atom. The van der Waals surface area contributed by atoms with Gasteiger partial charge in [0.1, 0.15) is 15.3 Å². The molecule has 0 spiro atoms. The predicted octanol–water partition coefficient (Wildman–Crippen LogP) is 3.26. The number of nitrogens with zero attached hydrogens (tertiary/aromatic N) is 4. The molecule has 0 amide bonds. The van der Waals surface area contributed by atoms with Crippen LogP contribution >= 0.6 is 27.3 Å². The summed E-state index contributed by atoms with van der Waals surface area (Å²) in [4.78, 5) is 13.1. The minimum atomic E-state index is 0.0516. The molecule has 20 heavy (non-hydrogen) atoms. The Kier molecular flexibility index (Phi) is 3.75. The lowest BCUT2D eigenvalue weighted by molar-refractivity contribution is 0.811. The van der Waals surface area contributed by atoms with Gasteiger partial charge >= 0.3 is 0 Å². The van der Waals surface area contributed by atoms with Crippen molar-refractivity contribution in [1.29, 1.82) is 0 Å². The molecule has 1 atom stereocenters. The number of thiazole rings is 1. The van der Waals surface area contributed by atoms with E-state index in [1.54, 1.807) is 12.4 Å². The Labute approximate surface area is 127 Å². The fourth-order valence-electron chi connectivity index (χ4n) is 1.70. The highest BCUT2D eigenvalue weighted by Crippen LogP contribution is 2.25. The van der Waals surface area contributed by atoms with Gasteiger partial charge in [-0.05, 0) is 35.0 Å². The molecule has 3 rings (SSSR count). The number of rotatable bonds is 4. The van der Waals surface area contributed by atoms with E-state index in [0.717, 1.165) is 21.0 Å². The molecule has 0 saturated heterocycles. The van der Waals surface area contributed by atoms with Gasteiger partial charge in [0, 0.05) is 17.8 Å². The van der Waals surface area contributed by atoms with Crippen LogP contribution in [0.4, 0.5) is 5.95 Å². The predicted molar refractivity (Wildman–Crippen MR) is 81.5 cm³/mol. The number of aromatic amines is 1. The van der Waals surface area contributed by atoms with Crippen molar-refractivity contribution >= 4 is 33.2 Å². The topological polar surface area (TPSA) is 79.4 Å². The number of nitrogens with one attached hydrogen (secondary N) is 2. The van der Waals surface area contributed by atoms with Crippen LogP contribution in [0, 0.1) is 0 Å². The first-order valence-corrected chi connectivity index (χ1v) is 7.60. The van der Waals surface area contributed by atoms with Gasteiger partial charge in [0.2, 0.25) is 5.95 Å². The van der Waals surface area contributed by atoms with Crippen LogP contribution in [0.3, 0.4) is 0 Å². The molecular weight excluding hydrogens is 340 g/mol. The lowest BCUT2D eigenvalue weighted by atomic mass is 10.2. The zero-order chi connectivity index (χ0) is 13.9. The first kappa shape index (κ1) is 13.2. The van der Waals surface area contributed by atoms with E-state index in [-0.39, 0.29) is 6.04 Å². The molecule has 0 bridgehead atoms. The van der Waals surface area contributed by atoms with Crippen molar-refractivity contribution in [3.05, 3.63) is 40.2 Å². The smallest absolute Gasteiger partial charge is 0.223 e. The molecule has 0 radical (unpaired) electrons. The van der Waals surface area contributed by atoms with Crippen molar-refractivity contribution in [1.82, 2.24) is 25.1 Å². The van der Waals surface area contributed by atoms with Crippen LogP contribution < -0.4 is 5.32 Å². The molecule has 1 unspecified atom stereocenters. The zero-order valence-corrected chi connectivity index (χ0v) is 12.9. The number of aromatic nitrogens is 5. The SMILES string of the molecule is CC(Nc1nccc(-c2nc(Br)cs2)n1)c1ccn[nH]1. The molecule has 8 heteroatoms. The second-order valence-corrected chi connectivity index (χ2v) is 5.79. The minimum absolute atomic E-state index is 0.0516. The van der Waals surface area contributed by atoms with Gasteiger partial charge in [-0.15, -0.1) is 11.3 Å². The van der Waals surface area contributed by atoms with Crippen LogP contribution in [0.2, 0.25) is 0 Å². The van der Waals surface area contributed by atoms with Crippen LogP contribution in [0.5, 0.6) is 0 Å². The summed E-state index contributed by atoms with van der Waals surface area (Å²) in [5.41, 5.74) is 1.78. The second kappa shape index (κ2) is 5.68. The average molecular weight is 351 g/mol. The Morgan fingerprint density at radius 2 is 2.20 bits per heavy atom. The molecule has 0 fully saturated rings. The maximum absolute atomic E-state index is 4.48. The van der Waals surface area contributed by atoms with Crippen molar-refractivity contribution in [2.45, 2.75) is 13.0 Å². The van der Waals surface area contributed by atoms with Crippen molar-refractivity contribution < 1.29 is 0 Å². The highest BCUT2D eigenvalue weighted by atomic mass is 79.9. The zero-order valence-electron chi connectivity index (χ0n) is 10.5. The van der Waals surface area contributed by atoms with E-state index < -0.39 is 0 Å². The third kappa shape index (κ3) is 2.86. The van der Waals surface area contributed by atoms with E-state index >= 15 is 0 Å². The minimum Gasteiger partial charge on any atom is -0.346 e. The Balaban J connectivity index is 1.81. The van der Waals surface area contributed by atoms with E-state index in [1.807, 2.05) is 24.4 Å². The van der Waals surface area contributed by atoms with Gasteiger partial charge in [-0.2, -0.15) is 5.10 Å². The molecule has 6 nitrogen and oxygen atoms in total. The summed E-state index contributed by atoms with van der Waals surface area (Å²) in [6.45, 7) is 2.02. The molecule has 0 aromatic carbocycles. The maximum Gasteiger partial charge on any atom is 0.223 e. The van der Waals surface area contributed by atoms with Crippen molar-refractivity contribution in [2.24, 2.45) is 0 Å². The number of H-pyrrole nitrogens is 1. The van der Waals surface area contributed by atoms with E-state index in [2.05, 4.69) is 46.4 Å². The van der Waals surface area contributed by atoms with Crippen LogP contribution in [-0.4, -0.2) is 25.1 Å². The number of anilines is 1. The Hall–Kier alpha value is -1.80. The third-order valence-corrected chi connectivity index (χ3v) is 4.26. The van der Waals surface area contributed by atoms with Gasteiger partial charge in [0.05, 0.1) is 11.7 Å². The van der Waals surface area contributed by atoms with Crippen LogP contribution in [0.15, 0.2) is 34.5 Å². The lowest BCUT2D eigenvalue weighted by Crippen LogP contribution is -2.10. The first-order valence-electron chi connectivity index (χ1n) is 5.92. The number of halogens is 1. The highest BCUT2D eigenvalue weighted by molar-refractivity contribution is 9.10. The van der Waals surface area contributed by atoms with E-state index in [1.165, 1.54) is 11.3 Å². The van der Waals surface area contributed by atoms with Gasteiger partial charge in [0.15, 0.2) is 0 Å². The van der Waals surface area contributed by atoms with Crippen LogP contribution in [0.25, 0.3) is 10.7 Å². The summed E-state index contributed by atoms with van der Waals surface area (Å²) >= 11 is 4.88. The molecule has 102 valence electrons. The maximum atomic E-state index is 4.48. The van der Waals surface area contributed by atoms with E-state index in [9.17, 15) is 0 Å². The largest absolute Gasteiger partial charge is 0.346 e. The second-order valence-electron chi connectivity index (χ2n) is 4.12. The monoisotopic (exact) mass is 350 g/mol. The van der Waals surface area contributed by atoms with Crippen molar-refractivity contribution in [2.75, 3.05) is 5.32 Å². The molecule has 0 aliphatic heterocycles. The molecule has 0 aliphatic carbocycles. The number of hydrogen-bond acceptors (Lipinski definition) is 6. The van der Waals surface area contributed by atoms with Gasteiger partial charge in [-0.25, -0.2) is 15.0 Å². The normalized spacial score (nSPS) is 12.3. The summed E-state index contributed by atoms with van der Waals surface area (Å²) in [7, 11) is 0.